The van der Waals surface area contributed by atoms with Gasteiger partial charge in [0.1, 0.15) is 0 Å². The maximum Gasteiger partial charge on any atom is 0.283 e. The maximum atomic E-state index is 12.7. The third-order valence-electron chi connectivity index (χ3n) is 5.35. The van der Waals surface area contributed by atoms with E-state index in [1.54, 1.807) is 16.2 Å². The molecule has 1 saturated heterocycles. The number of nitro benzene ring substituents is 1. The monoisotopic (exact) mass is 490 g/mol. The number of carbonyl (C=O) groups is 2. The zero-order valence-electron chi connectivity index (χ0n) is 16.8. The molecule has 0 spiro atoms. The lowest BCUT2D eigenvalue weighted by atomic mass is 9.97. The van der Waals surface area contributed by atoms with Gasteiger partial charge < -0.3 is 10.6 Å². The summed E-state index contributed by atoms with van der Waals surface area (Å²) in [5, 5.41) is 13.1. The number of fused-ring (bicyclic) bond motifs is 1. The number of primary amides is 1. The van der Waals surface area contributed by atoms with Crippen LogP contribution >= 0.6 is 34.7 Å². The molecule has 8 nitrogen and oxygen atoms in total. The fourth-order valence-corrected chi connectivity index (χ4v) is 5.83. The summed E-state index contributed by atoms with van der Waals surface area (Å²) in [6, 6.07) is 9.73. The van der Waals surface area contributed by atoms with Crippen molar-refractivity contribution < 1.29 is 14.5 Å². The molecule has 2 N–H and O–H groups in total. The summed E-state index contributed by atoms with van der Waals surface area (Å²) in [5.41, 5.74) is 5.93. The Balaban J connectivity index is 1.35. The average Bonchev–Trinajstić information content (AvgIpc) is 3.20. The standard InChI is InChI=1S/C21H19ClN4O4S2/c22-14-2-4-17-15(10-14)24-21(32-17)12-5-7-25(8-6-12)19(27)11-31-18-3-1-13(20(23)28)9-16(18)26(29)30/h1-4,9-10,12H,5-8,11H2,(H2,23,28). The molecule has 0 saturated carbocycles. The summed E-state index contributed by atoms with van der Waals surface area (Å²) in [5.74, 6) is -0.427. The number of piperidine rings is 1. The van der Waals surface area contributed by atoms with Gasteiger partial charge in [0, 0.05) is 35.7 Å². The molecule has 2 amide bonds. The van der Waals surface area contributed by atoms with E-state index in [2.05, 4.69) is 0 Å². The van der Waals surface area contributed by atoms with E-state index in [0.717, 1.165) is 45.9 Å². The fraction of sp³-hybridized carbons (Fsp3) is 0.286. The number of carbonyl (C=O) groups excluding carboxylic acids is 2. The van der Waals surface area contributed by atoms with Crippen molar-refractivity contribution in [2.24, 2.45) is 5.73 Å². The number of aromatic nitrogens is 1. The van der Waals surface area contributed by atoms with Gasteiger partial charge in [0.15, 0.2) is 0 Å². The molecule has 166 valence electrons. The van der Waals surface area contributed by atoms with Crippen LogP contribution in [0.3, 0.4) is 0 Å². The summed E-state index contributed by atoms with van der Waals surface area (Å²) in [6.07, 6.45) is 1.63. The Kier molecular flexibility index (Phi) is 6.63. The summed E-state index contributed by atoms with van der Waals surface area (Å²) >= 11 is 8.81. The summed E-state index contributed by atoms with van der Waals surface area (Å²) in [6.45, 7) is 1.23. The number of rotatable bonds is 6. The number of likely N-dealkylation sites (tertiary alicyclic amines) is 1. The molecule has 1 aliphatic rings. The Bertz CT molecular complexity index is 1210. The number of nitrogens with two attached hydrogens (primary N) is 1. The molecule has 4 rings (SSSR count). The van der Waals surface area contributed by atoms with Crippen molar-refractivity contribution in [2.45, 2.75) is 23.7 Å². The van der Waals surface area contributed by atoms with Crippen LogP contribution in [0.25, 0.3) is 10.2 Å². The van der Waals surface area contributed by atoms with Crippen LogP contribution in [-0.2, 0) is 4.79 Å². The average molecular weight is 491 g/mol. The van der Waals surface area contributed by atoms with E-state index in [1.807, 2.05) is 18.2 Å². The lowest BCUT2D eigenvalue weighted by Crippen LogP contribution is -2.38. The first-order valence-electron chi connectivity index (χ1n) is 9.86. The van der Waals surface area contributed by atoms with Crippen LogP contribution in [0, 0.1) is 10.1 Å². The maximum absolute atomic E-state index is 12.7. The topological polar surface area (TPSA) is 119 Å². The molecule has 0 atom stereocenters. The molecule has 1 aromatic heterocycles. The largest absolute Gasteiger partial charge is 0.366 e. The van der Waals surface area contributed by atoms with Crippen molar-refractivity contribution in [3.63, 3.8) is 0 Å². The first-order valence-corrected chi connectivity index (χ1v) is 12.0. The van der Waals surface area contributed by atoms with E-state index in [1.165, 1.54) is 12.1 Å². The minimum absolute atomic E-state index is 0.0616. The molecule has 0 bridgehead atoms. The molecule has 3 aromatic rings. The molecule has 2 aromatic carbocycles. The molecule has 1 fully saturated rings. The highest BCUT2D eigenvalue weighted by molar-refractivity contribution is 8.00. The highest BCUT2D eigenvalue weighted by Crippen LogP contribution is 2.35. The van der Waals surface area contributed by atoms with E-state index < -0.39 is 10.8 Å². The Morgan fingerprint density at radius 1 is 1.25 bits per heavy atom. The molecular weight excluding hydrogens is 472 g/mol. The van der Waals surface area contributed by atoms with Crippen LogP contribution < -0.4 is 5.73 Å². The normalized spacial score (nSPS) is 14.6. The van der Waals surface area contributed by atoms with E-state index in [9.17, 15) is 19.7 Å². The van der Waals surface area contributed by atoms with Crippen LogP contribution in [0.4, 0.5) is 5.69 Å². The molecule has 0 unspecified atom stereocenters. The molecule has 1 aliphatic heterocycles. The van der Waals surface area contributed by atoms with Crippen molar-refractivity contribution in [1.82, 2.24) is 9.88 Å². The van der Waals surface area contributed by atoms with Gasteiger partial charge in [0.25, 0.3) is 5.69 Å². The zero-order valence-corrected chi connectivity index (χ0v) is 19.2. The highest BCUT2D eigenvalue weighted by atomic mass is 35.5. The molecule has 0 aliphatic carbocycles. The molecule has 32 heavy (non-hydrogen) atoms. The second kappa shape index (κ2) is 9.43. The third kappa shape index (κ3) is 4.87. The number of thiazole rings is 1. The van der Waals surface area contributed by atoms with Crippen LogP contribution in [0.5, 0.6) is 0 Å². The lowest BCUT2D eigenvalue weighted by molar-refractivity contribution is -0.387. The van der Waals surface area contributed by atoms with Crippen LogP contribution in [0.2, 0.25) is 5.02 Å². The number of hydrogen-bond donors (Lipinski definition) is 1. The SMILES string of the molecule is NC(=O)c1ccc(SCC(=O)N2CCC(c3nc4cc(Cl)ccc4s3)CC2)c([N+](=O)[O-])c1. The van der Waals surface area contributed by atoms with Gasteiger partial charge in [0.05, 0.1) is 30.8 Å². The number of thioether (sulfide) groups is 1. The number of hydrogen-bond acceptors (Lipinski definition) is 7. The minimum atomic E-state index is -0.736. The van der Waals surface area contributed by atoms with Gasteiger partial charge in [-0.05, 0) is 43.2 Å². The van der Waals surface area contributed by atoms with Crippen LogP contribution in [0.1, 0.15) is 34.1 Å². The minimum Gasteiger partial charge on any atom is -0.366 e. The number of amides is 2. The number of nitrogens with zero attached hydrogens (tertiary/aromatic N) is 3. The second-order valence-corrected chi connectivity index (χ2v) is 9.93. The molecule has 2 heterocycles. The van der Waals surface area contributed by atoms with Crippen molar-refractivity contribution in [2.75, 3.05) is 18.8 Å². The predicted octanol–water partition coefficient (Wildman–Crippen LogP) is 4.46. The van der Waals surface area contributed by atoms with Gasteiger partial charge in [-0.25, -0.2) is 4.98 Å². The van der Waals surface area contributed by atoms with E-state index in [4.69, 9.17) is 22.3 Å². The Labute approximate surface area is 196 Å². The lowest BCUT2D eigenvalue weighted by Gasteiger charge is -2.31. The van der Waals surface area contributed by atoms with Crippen molar-refractivity contribution in [3.05, 3.63) is 62.1 Å². The summed E-state index contributed by atoms with van der Waals surface area (Å²) < 4.78 is 1.10. The van der Waals surface area contributed by atoms with Gasteiger partial charge in [-0.1, -0.05) is 11.6 Å². The number of nitro groups is 1. The first kappa shape index (κ1) is 22.5. The van der Waals surface area contributed by atoms with Gasteiger partial charge in [0.2, 0.25) is 11.8 Å². The van der Waals surface area contributed by atoms with E-state index >= 15 is 0 Å². The van der Waals surface area contributed by atoms with Gasteiger partial charge in [-0.3, -0.25) is 19.7 Å². The molecule has 11 heteroatoms. The summed E-state index contributed by atoms with van der Waals surface area (Å²) in [7, 11) is 0. The van der Waals surface area contributed by atoms with Crippen molar-refractivity contribution in [1.29, 1.82) is 0 Å². The quantitative estimate of drug-likeness (QED) is 0.309. The number of halogens is 1. The van der Waals surface area contributed by atoms with Crippen LogP contribution in [-0.4, -0.2) is 45.5 Å². The molecular formula is C21H19ClN4O4S2. The second-order valence-electron chi connectivity index (χ2n) is 7.41. The Hall–Kier alpha value is -2.69. The smallest absolute Gasteiger partial charge is 0.283 e. The van der Waals surface area contributed by atoms with Crippen LogP contribution in [0.15, 0.2) is 41.3 Å². The highest BCUT2D eigenvalue weighted by Gasteiger charge is 2.26. The van der Waals surface area contributed by atoms with Gasteiger partial charge in [-0.15, -0.1) is 23.1 Å². The third-order valence-corrected chi connectivity index (χ3v) is 7.84. The predicted molar refractivity (Wildman–Crippen MR) is 126 cm³/mol. The fourth-order valence-electron chi connectivity index (χ4n) is 3.64. The van der Waals surface area contributed by atoms with E-state index in [-0.39, 0.29) is 22.9 Å². The Morgan fingerprint density at radius 3 is 2.69 bits per heavy atom. The van der Waals surface area contributed by atoms with Crippen molar-refractivity contribution >= 4 is 62.4 Å². The first-order chi connectivity index (χ1) is 15.3. The van der Waals surface area contributed by atoms with Crippen molar-refractivity contribution in [3.8, 4) is 0 Å². The summed E-state index contributed by atoms with van der Waals surface area (Å²) in [4.78, 5) is 41.6. The number of benzene rings is 2. The van der Waals surface area contributed by atoms with Gasteiger partial charge in [-0.2, -0.15) is 0 Å². The molecule has 0 radical (unpaired) electrons. The zero-order chi connectivity index (χ0) is 22.8. The van der Waals surface area contributed by atoms with Gasteiger partial charge >= 0.3 is 0 Å². The van der Waals surface area contributed by atoms with E-state index in [0.29, 0.717) is 28.9 Å². The Morgan fingerprint density at radius 2 is 2.00 bits per heavy atom.